The van der Waals surface area contributed by atoms with Gasteiger partial charge in [-0.1, -0.05) is 36.1 Å². The fourth-order valence-corrected chi connectivity index (χ4v) is 3.72. The van der Waals surface area contributed by atoms with Crippen LogP contribution in [0.1, 0.15) is 35.4 Å². The van der Waals surface area contributed by atoms with E-state index in [0.29, 0.717) is 13.0 Å². The zero-order valence-electron chi connectivity index (χ0n) is 17.0. The Morgan fingerprint density at radius 2 is 1.83 bits per heavy atom. The van der Waals surface area contributed by atoms with E-state index < -0.39 is 0 Å². The van der Waals surface area contributed by atoms with E-state index >= 15 is 0 Å². The Balaban J connectivity index is 1.16. The molecule has 1 aliphatic carbocycles. The summed E-state index contributed by atoms with van der Waals surface area (Å²) in [5.74, 6) is 5.80. The van der Waals surface area contributed by atoms with E-state index in [9.17, 15) is 9.18 Å². The molecule has 4 nitrogen and oxygen atoms in total. The van der Waals surface area contributed by atoms with Gasteiger partial charge in [0, 0.05) is 31.6 Å². The number of morpholine rings is 1. The monoisotopic (exact) mass is 407 g/mol. The van der Waals surface area contributed by atoms with Gasteiger partial charge < -0.3 is 9.47 Å². The third kappa shape index (κ3) is 5.69. The van der Waals surface area contributed by atoms with E-state index in [-0.39, 0.29) is 23.6 Å². The van der Waals surface area contributed by atoms with Gasteiger partial charge in [0.05, 0.1) is 19.1 Å². The maximum atomic E-state index is 13.0. The number of rotatable bonds is 6. The molecule has 2 aromatic carbocycles. The van der Waals surface area contributed by atoms with Gasteiger partial charge in [-0.3, -0.25) is 9.69 Å². The Morgan fingerprint density at radius 1 is 1.10 bits per heavy atom. The van der Waals surface area contributed by atoms with Gasteiger partial charge in [0.2, 0.25) is 0 Å². The number of halogens is 1. The van der Waals surface area contributed by atoms with E-state index in [1.54, 1.807) is 12.1 Å². The Kier molecular flexibility index (Phi) is 6.78. The molecule has 4 rings (SSSR count). The molecule has 1 saturated carbocycles. The topological polar surface area (TPSA) is 38.8 Å². The first-order valence-corrected chi connectivity index (χ1v) is 10.5. The molecule has 1 saturated heterocycles. The molecule has 0 aromatic heterocycles. The largest absolute Gasteiger partial charge is 0.464 e. The second-order valence-corrected chi connectivity index (χ2v) is 7.80. The maximum Gasteiger partial charge on any atom is 0.309 e. The van der Waals surface area contributed by atoms with Crippen LogP contribution in [0.15, 0.2) is 48.5 Å². The predicted molar refractivity (Wildman–Crippen MR) is 112 cm³/mol. The summed E-state index contributed by atoms with van der Waals surface area (Å²) in [7, 11) is 0. The predicted octanol–water partition coefficient (Wildman–Crippen LogP) is 3.75. The van der Waals surface area contributed by atoms with Crippen molar-refractivity contribution in [3.8, 4) is 11.8 Å². The van der Waals surface area contributed by atoms with Crippen LogP contribution in [0.25, 0.3) is 0 Å². The Labute approximate surface area is 177 Å². The summed E-state index contributed by atoms with van der Waals surface area (Å²) in [4.78, 5) is 14.5. The first-order chi connectivity index (χ1) is 14.7. The van der Waals surface area contributed by atoms with Crippen LogP contribution in [-0.2, 0) is 20.8 Å². The first-order valence-electron chi connectivity index (χ1n) is 10.5. The first kappa shape index (κ1) is 20.6. The summed E-state index contributed by atoms with van der Waals surface area (Å²) in [6.45, 7) is 4.81. The van der Waals surface area contributed by atoms with Crippen LogP contribution in [0.2, 0.25) is 0 Å². The van der Waals surface area contributed by atoms with Crippen LogP contribution in [0.5, 0.6) is 0 Å². The van der Waals surface area contributed by atoms with E-state index in [1.165, 1.54) is 17.7 Å². The van der Waals surface area contributed by atoms with Crippen molar-refractivity contribution >= 4 is 5.97 Å². The van der Waals surface area contributed by atoms with Crippen LogP contribution < -0.4 is 0 Å². The highest BCUT2D eigenvalue weighted by molar-refractivity contribution is 5.77. The van der Waals surface area contributed by atoms with Crippen LogP contribution in [0.3, 0.4) is 0 Å². The standard InChI is InChI=1S/C25H26FNO3/c26-22-10-8-21(9-11-22)23-17-24(23)25(28)30-14-2-1-3-19-4-6-20(7-5-19)18-27-12-15-29-16-13-27/h4-11,23-24H,2,12-18H2/t23-,24+/m1/s1. The molecule has 5 heteroatoms. The number of hydrogen-bond acceptors (Lipinski definition) is 4. The zero-order valence-corrected chi connectivity index (χ0v) is 17.0. The van der Waals surface area contributed by atoms with Gasteiger partial charge in [-0.05, 0) is 47.7 Å². The minimum absolute atomic E-state index is 0.109. The summed E-state index contributed by atoms with van der Waals surface area (Å²) in [5, 5.41) is 0. The van der Waals surface area contributed by atoms with Gasteiger partial charge >= 0.3 is 5.97 Å². The Morgan fingerprint density at radius 3 is 2.57 bits per heavy atom. The van der Waals surface area contributed by atoms with Crippen molar-refractivity contribution in [3.05, 3.63) is 71.0 Å². The van der Waals surface area contributed by atoms with Crippen molar-refractivity contribution in [1.82, 2.24) is 4.90 Å². The lowest BCUT2D eigenvalue weighted by Gasteiger charge is -2.26. The van der Waals surface area contributed by atoms with E-state index in [0.717, 1.165) is 50.4 Å². The number of carbonyl (C=O) groups is 1. The molecule has 30 heavy (non-hydrogen) atoms. The molecular formula is C25H26FNO3. The number of carbonyl (C=O) groups excluding carboxylic acids is 1. The normalized spacial score (nSPS) is 20.8. The smallest absolute Gasteiger partial charge is 0.309 e. The molecule has 156 valence electrons. The van der Waals surface area contributed by atoms with Crippen molar-refractivity contribution in [2.75, 3.05) is 32.9 Å². The van der Waals surface area contributed by atoms with Crippen LogP contribution >= 0.6 is 0 Å². The van der Waals surface area contributed by atoms with E-state index in [2.05, 4.69) is 28.9 Å². The zero-order chi connectivity index (χ0) is 20.8. The third-order valence-electron chi connectivity index (χ3n) is 5.56. The lowest BCUT2D eigenvalue weighted by Crippen LogP contribution is -2.35. The fraction of sp³-hybridized carbons (Fsp3) is 0.400. The molecule has 0 spiro atoms. The second-order valence-electron chi connectivity index (χ2n) is 7.80. The van der Waals surface area contributed by atoms with Gasteiger partial charge in [0.15, 0.2) is 0 Å². The molecule has 0 radical (unpaired) electrons. The van der Waals surface area contributed by atoms with Crippen molar-refractivity contribution in [2.24, 2.45) is 5.92 Å². The van der Waals surface area contributed by atoms with Gasteiger partial charge in [-0.2, -0.15) is 0 Å². The quantitative estimate of drug-likeness (QED) is 0.415. The molecule has 0 unspecified atom stereocenters. The highest BCUT2D eigenvalue weighted by Gasteiger charge is 2.45. The second kappa shape index (κ2) is 9.88. The van der Waals surface area contributed by atoms with Gasteiger partial charge in [-0.25, -0.2) is 4.39 Å². The third-order valence-corrected chi connectivity index (χ3v) is 5.56. The Bertz CT molecular complexity index is 908. The van der Waals surface area contributed by atoms with Gasteiger partial charge in [0.1, 0.15) is 12.4 Å². The number of benzene rings is 2. The number of nitrogens with zero attached hydrogens (tertiary/aromatic N) is 1. The highest BCUT2D eigenvalue weighted by atomic mass is 19.1. The maximum absolute atomic E-state index is 13.0. The minimum atomic E-state index is -0.260. The van der Waals surface area contributed by atoms with Crippen LogP contribution in [0.4, 0.5) is 4.39 Å². The van der Waals surface area contributed by atoms with Crippen LogP contribution in [0, 0.1) is 23.6 Å². The average molecular weight is 407 g/mol. The van der Waals surface area contributed by atoms with Crippen molar-refractivity contribution < 1.29 is 18.7 Å². The number of esters is 1. The number of ether oxygens (including phenoxy) is 2. The Hall–Kier alpha value is -2.68. The SMILES string of the molecule is O=C(OCCC#Cc1ccc(CN2CCOCC2)cc1)[C@H]1C[C@@H]1c1ccc(F)cc1. The van der Waals surface area contributed by atoms with Crippen LogP contribution in [-0.4, -0.2) is 43.8 Å². The minimum Gasteiger partial charge on any atom is -0.464 e. The number of hydrogen-bond donors (Lipinski definition) is 0. The summed E-state index contributed by atoms with van der Waals surface area (Å²) in [6, 6.07) is 14.6. The fourth-order valence-electron chi connectivity index (χ4n) is 3.72. The lowest BCUT2D eigenvalue weighted by atomic mass is 10.1. The molecule has 2 fully saturated rings. The van der Waals surface area contributed by atoms with Crippen molar-refractivity contribution in [2.45, 2.75) is 25.3 Å². The van der Waals surface area contributed by atoms with E-state index in [1.807, 2.05) is 12.1 Å². The molecule has 0 bridgehead atoms. The summed E-state index contributed by atoms with van der Waals surface area (Å²) in [5.41, 5.74) is 3.23. The molecule has 1 heterocycles. The molecular weight excluding hydrogens is 381 g/mol. The summed E-state index contributed by atoms with van der Waals surface area (Å²) in [6.07, 6.45) is 1.28. The lowest BCUT2D eigenvalue weighted by molar-refractivity contribution is -0.145. The van der Waals surface area contributed by atoms with Crippen molar-refractivity contribution in [1.29, 1.82) is 0 Å². The van der Waals surface area contributed by atoms with Gasteiger partial charge in [0.25, 0.3) is 0 Å². The average Bonchev–Trinajstić information content (AvgIpc) is 3.57. The van der Waals surface area contributed by atoms with Crippen molar-refractivity contribution in [3.63, 3.8) is 0 Å². The summed E-state index contributed by atoms with van der Waals surface area (Å²) < 4.78 is 23.7. The van der Waals surface area contributed by atoms with E-state index in [4.69, 9.17) is 9.47 Å². The molecule has 2 aromatic rings. The van der Waals surface area contributed by atoms with Gasteiger partial charge in [-0.15, -0.1) is 0 Å². The summed E-state index contributed by atoms with van der Waals surface area (Å²) >= 11 is 0. The molecule has 0 amide bonds. The molecule has 2 aliphatic rings. The molecule has 0 N–H and O–H groups in total. The molecule has 2 atom stereocenters. The molecule has 1 aliphatic heterocycles. The highest BCUT2D eigenvalue weighted by Crippen LogP contribution is 2.48.